The summed E-state index contributed by atoms with van der Waals surface area (Å²) >= 11 is 0. The molecule has 1 fully saturated rings. The number of aromatic amines is 1. The van der Waals surface area contributed by atoms with Gasteiger partial charge in [0.05, 0.1) is 6.33 Å². The van der Waals surface area contributed by atoms with Crippen molar-refractivity contribution in [1.29, 1.82) is 0 Å². The molecule has 10 N–H and O–H groups in total. The second-order valence-corrected chi connectivity index (χ2v) is 4.30. The van der Waals surface area contributed by atoms with Gasteiger partial charge in [-0.05, 0) is 0 Å². The Morgan fingerprint density at radius 1 is 1.27 bits per heavy atom. The summed E-state index contributed by atoms with van der Waals surface area (Å²) < 4.78 is 9.91. The number of imidazole rings is 1. The van der Waals surface area contributed by atoms with Crippen molar-refractivity contribution < 1.29 is 39.5 Å². The molecule has 1 aromatic rings. The second-order valence-electron chi connectivity index (χ2n) is 4.30. The van der Waals surface area contributed by atoms with Gasteiger partial charge < -0.3 is 46.8 Å². The smallest absolute Gasteiger partial charge is 0.335 e. The number of H-pyrrole nitrogens is 1. The van der Waals surface area contributed by atoms with Crippen LogP contribution < -0.4 is 16.6 Å². The SMILES string of the molecule is N.NC(=O)c1[nH]cnc1O[C@@H]1O[C@H](C(=O)O)[C@@H](O)[C@H](O)[C@H]1O. The van der Waals surface area contributed by atoms with E-state index in [1.165, 1.54) is 0 Å². The predicted molar refractivity (Wildman–Crippen MR) is 67.1 cm³/mol. The van der Waals surface area contributed by atoms with E-state index in [0.717, 1.165) is 6.33 Å². The van der Waals surface area contributed by atoms with E-state index in [4.69, 9.17) is 20.3 Å². The van der Waals surface area contributed by atoms with E-state index in [1.807, 2.05) is 0 Å². The van der Waals surface area contributed by atoms with Crippen LogP contribution in [0.4, 0.5) is 0 Å². The van der Waals surface area contributed by atoms with Gasteiger partial charge in [0.2, 0.25) is 12.2 Å². The number of carboxylic acids is 1. The zero-order valence-electron chi connectivity index (χ0n) is 11.1. The summed E-state index contributed by atoms with van der Waals surface area (Å²) in [6.45, 7) is 0. The van der Waals surface area contributed by atoms with Gasteiger partial charge in [0.15, 0.2) is 11.8 Å². The van der Waals surface area contributed by atoms with Crippen LogP contribution in [0.5, 0.6) is 5.88 Å². The van der Waals surface area contributed by atoms with Gasteiger partial charge in [0.1, 0.15) is 18.3 Å². The number of nitrogens with one attached hydrogen (secondary N) is 1. The van der Waals surface area contributed by atoms with Crippen LogP contribution in [0.1, 0.15) is 10.5 Å². The van der Waals surface area contributed by atoms with E-state index in [-0.39, 0.29) is 17.7 Å². The van der Waals surface area contributed by atoms with Gasteiger partial charge in [-0.25, -0.2) is 9.78 Å². The average Bonchev–Trinajstić information content (AvgIpc) is 2.87. The fraction of sp³-hybridized carbons (Fsp3) is 0.500. The lowest BCUT2D eigenvalue weighted by Crippen LogP contribution is -2.61. The molecule has 5 atom stereocenters. The Labute approximate surface area is 123 Å². The topological polar surface area (TPSA) is 223 Å². The third kappa shape index (κ3) is 3.15. The molecule has 2 heterocycles. The van der Waals surface area contributed by atoms with Crippen LogP contribution in [0.25, 0.3) is 0 Å². The maximum atomic E-state index is 11.1. The lowest BCUT2D eigenvalue weighted by molar-refractivity contribution is -0.271. The van der Waals surface area contributed by atoms with E-state index >= 15 is 0 Å². The highest BCUT2D eigenvalue weighted by Gasteiger charge is 2.48. The van der Waals surface area contributed by atoms with Gasteiger partial charge in [-0.3, -0.25) is 4.79 Å². The van der Waals surface area contributed by atoms with Crippen LogP contribution in [0.3, 0.4) is 0 Å². The van der Waals surface area contributed by atoms with Gasteiger partial charge in [0.25, 0.3) is 5.91 Å². The number of rotatable bonds is 4. The van der Waals surface area contributed by atoms with Crippen LogP contribution in [-0.4, -0.2) is 73.0 Å². The summed E-state index contributed by atoms with van der Waals surface area (Å²) in [7, 11) is 0. The highest BCUT2D eigenvalue weighted by Crippen LogP contribution is 2.24. The van der Waals surface area contributed by atoms with E-state index in [2.05, 4.69) is 9.97 Å². The summed E-state index contributed by atoms with van der Waals surface area (Å²) in [6, 6.07) is 0. The average molecular weight is 320 g/mol. The van der Waals surface area contributed by atoms with Crippen LogP contribution in [0.15, 0.2) is 6.33 Å². The number of carboxylic acid groups (broad SMARTS) is 1. The molecule has 0 spiro atoms. The van der Waals surface area contributed by atoms with Gasteiger partial charge >= 0.3 is 5.97 Å². The van der Waals surface area contributed by atoms with Crippen LogP contribution in [0.2, 0.25) is 0 Å². The van der Waals surface area contributed by atoms with Gasteiger partial charge in [0, 0.05) is 0 Å². The molecule has 1 aromatic heterocycles. The molecule has 1 aliphatic heterocycles. The Bertz CT molecular complexity index is 549. The summed E-state index contributed by atoms with van der Waals surface area (Å²) in [4.78, 5) is 28.0. The Morgan fingerprint density at radius 3 is 2.45 bits per heavy atom. The van der Waals surface area contributed by atoms with E-state index in [0.29, 0.717) is 0 Å². The summed E-state index contributed by atoms with van der Waals surface area (Å²) in [5, 5.41) is 37.7. The molecule has 0 unspecified atom stereocenters. The largest absolute Gasteiger partial charge is 0.479 e. The number of hydrogen-bond acceptors (Lipinski definition) is 9. The Hall–Kier alpha value is -2.25. The molecule has 0 aromatic carbocycles. The number of hydrogen-bond donors (Lipinski definition) is 7. The van der Waals surface area contributed by atoms with Crippen molar-refractivity contribution in [3.05, 3.63) is 12.0 Å². The molecule has 22 heavy (non-hydrogen) atoms. The number of aliphatic carboxylic acids is 1. The molecule has 0 radical (unpaired) electrons. The quantitative estimate of drug-likeness (QED) is 0.296. The zero-order valence-corrected chi connectivity index (χ0v) is 11.1. The van der Waals surface area contributed by atoms with Gasteiger partial charge in [-0.1, -0.05) is 0 Å². The Balaban J connectivity index is 0.00000242. The summed E-state index contributed by atoms with van der Waals surface area (Å²) in [6.07, 6.45) is -7.80. The second kappa shape index (κ2) is 6.67. The van der Waals surface area contributed by atoms with Crippen LogP contribution in [0, 0.1) is 0 Å². The van der Waals surface area contributed by atoms with E-state index in [9.17, 15) is 24.9 Å². The van der Waals surface area contributed by atoms with Gasteiger partial charge in [-0.2, -0.15) is 0 Å². The first-order valence-corrected chi connectivity index (χ1v) is 5.75. The number of carbonyl (C=O) groups excluding carboxylic acids is 1. The third-order valence-electron chi connectivity index (χ3n) is 2.89. The Morgan fingerprint density at radius 2 is 1.91 bits per heavy atom. The molecule has 1 aliphatic rings. The molecule has 0 bridgehead atoms. The highest BCUT2D eigenvalue weighted by atomic mass is 16.7. The van der Waals surface area contributed by atoms with Crippen molar-refractivity contribution in [3.63, 3.8) is 0 Å². The molecule has 1 saturated heterocycles. The number of amides is 1. The number of aliphatic hydroxyl groups excluding tert-OH is 3. The lowest BCUT2D eigenvalue weighted by atomic mass is 9.99. The number of primary amides is 1. The first kappa shape index (κ1) is 17.8. The van der Waals surface area contributed by atoms with Crippen molar-refractivity contribution in [1.82, 2.24) is 16.1 Å². The number of nitrogens with zero attached hydrogens (tertiary/aromatic N) is 1. The number of nitrogens with two attached hydrogens (primary N) is 1. The van der Waals surface area contributed by atoms with Crippen molar-refractivity contribution >= 4 is 11.9 Å². The zero-order chi connectivity index (χ0) is 15.7. The molecule has 12 heteroatoms. The molecule has 124 valence electrons. The van der Waals surface area contributed by atoms with Crippen molar-refractivity contribution in [2.24, 2.45) is 5.73 Å². The number of aromatic nitrogens is 2. The number of aliphatic hydroxyl groups is 3. The molecule has 1 amide bonds. The minimum Gasteiger partial charge on any atom is -0.479 e. The summed E-state index contributed by atoms with van der Waals surface area (Å²) in [5.74, 6) is -2.79. The standard InChI is InChI=1S/C10H13N3O8.H3N/c11-7(17)2-8(13-1-12-2)21-10-5(16)3(14)4(15)6(20-10)9(18)19;/h1,3-6,10,14-16H,(H2,11,17)(H,12,13)(H,18,19);1H3/t3-,4-,5+,6-,10-;/m0./s1. The van der Waals surface area contributed by atoms with Crippen molar-refractivity contribution in [2.75, 3.05) is 0 Å². The fourth-order valence-electron chi connectivity index (χ4n) is 1.81. The minimum absolute atomic E-state index is 0. The highest BCUT2D eigenvalue weighted by molar-refractivity contribution is 5.93. The monoisotopic (exact) mass is 320 g/mol. The van der Waals surface area contributed by atoms with E-state index < -0.39 is 42.6 Å². The molecule has 0 saturated carbocycles. The lowest BCUT2D eigenvalue weighted by Gasteiger charge is -2.38. The fourth-order valence-corrected chi connectivity index (χ4v) is 1.81. The molecule has 12 nitrogen and oxygen atoms in total. The Kier molecular flexibility index (Phi) is 5.40. The maximum absolute atomic E-state index is 11.1. The van der Waals surface area contributed by atoms with E-state index in [1.54, 1.807) is 0 Å². The normalized spacial score (nSPS) is 31.1. The van der Waals surface area contributed by atoms with Crippen molar-refractivity contribution in [2.45, 2.75) is 30.7 Å². The first-order valence-electron chi connectivity index (χ1n) is 5.75. The first-order chi connectivity index (χ1) is 9.82. The predicted octanol–water partition coefficient (Wildman–Crippen LogP) is -3.06. The molecule has 0 aliphatic carbocycles. The van der Waals surface area contributed by atoms with Crippen LogP contribution in [-0.2, 0) is 9.53 Å². The third-order valence-corrected chi connectivity index (χ3v) is 2.89. The maximum Gasteiger partial charge on any atom is 0.335 e. The summed E-state index contributed by atoms with van der Waals surface area (Å²) in [5.41, 5.74) is 4.82. The molecular weight excluding hydrogens is 304 g/mol. The van der Waals surface area contributed by atoms with Crippen LogP contribution >= 0.6 is 0 Å². The van der Waals surface area contributed by atoms with Gasteiger partial charge in [-0.15, -0.1) is 0 Å². The minimum atomic E-state index is -1.84. The number of carbonyl (C=O) groups is 2. The molecular formula is C10H16N4O8. The van der Waals surface area contributed by atoms with Crippen molar-refractivity contribution in [3.8, 4) is 5.88 Å². The molecule has 2 rings (SSSR count). The number of ether oxygens (including phenoxy) is 2.